The van der Waals surface area contributed by atoms with Crippen LogP contribution in [0, 0.1) is 0 Å². The standard InChI is InChI=1S/C19H23NO4/c1-12(21)23-14-6-7-19-8-9-20(2)11-13-4-5-15(22-3)18(17(13)19)24-16(19)10-14/h4-7,14,16H,8-11H2,1-3H3/t14-,16+,19+/m1/s1. The summed E-state index contributed by atoms with van der Waals surface area (Å²) < 4.78 is 17.3. The average Bonchev–Trinajstić information content (AvgIpc) is 2.80. The number of rotatable bonds is 2. The van der Waals surface area contributed by atoms with Crippen molar-refractivity contribution >= 4 is 5.97 Å². The van der Waals surface area contributed by atoms with Gasteiger partial charge in [-0.05, 0) is 37.7 Å². The van der Waals surface area contributed by atoms with E-state index < -0.39 is 0 Å². The monoisotopic (exact) mass is 329 g/mol. The summed E-state index contributed by atoms with van der Waals surface area (Å²) in [4.78, 5) is 13.7. The molecule has 0 aromatic heterocycles. The Balaban J connectivity index is 1.82. The number of hydrogen-bond acceptors (Lipinski definition) is 5. The van der Waals surface area contributed by atoms with Crippen molar-refractivity contribution in [2.45, 2.75) is 43.9 Å². The first-order valence-corrected chi connectivity index (χ1v) is 8.45. The first-order valence-electron chi connectivity index (χ1n) is 8.45. The number of ether oxygens (including phenoxy) is 3. The topological polar surface area (TPSA) is 48.0 Å². The minimum atomic E-state index is -0.255. The van der Waals surface area contributed by atoms with E-state index >= 15 is 0 Å². The van der Waals surface area contributed by atoms with Crippen LogP contribution in [0.25, 0.3) is 0 Å². The van der Waals surface area contributed by atoms with E-state index in [1.165, 1.54) is 18.1 Å². The van der Waals surface area contributed by atoms with Crippen molar-refractivity contribution < 1.29 is 19.0 Å². The number of hydrogen-bond donors (Lipinski definition) is 0. The largest absolute Gasteiger partial charge is 0.493 e. The van der Waals surface area contributed by atoms with E-state index in [-0.39, 0.29) is 23.6 Å². The summed E-state index contributed by atoms with van der Waals surface area (Å²) in [5.41, 5.74) is 2.40. The molecule has 1 aromatic rings. The Bertz CT molecular complexity index is 714. The van der Waals surface area contributed by atoms with Crippen molar-refractivity contribution in [3.63, 3.8) is 0 Å². The molecule has 0 radical (unpaired) electrons. The van der Waals surface area contributed by atoms with Gasteiger partial charge in [-0.3, -0.25) is 4.79 Å². The molecule has 1 spiro atoms. The minimum absolute atomic E-state index is 0.0246. The third kappa shape index (κ3) is 2.22. The molecule has 1 aromatic carbocycles. The predicted octanol–water partition coefficient (Wildman–Crippen LogP) is 2.42. The van der Waals surface area contributed by atoms with E-state index in [0.717, 1.165) is 31.0 Å². The Kier molecular flexibility index (Phi) is 3.57. The van der Waals surface area contributed by atoms with Crippen LogP contribution >= 0.6 is 0 Å². The first-order chi connectivity index (χ1) is 11.5. The van der Waals surface area contributed by atoms with Gasteiger partial charge in [-0.15, -0.1) is 0 Å². The second kappa shape index (κ2) is 5.52. The fourth-order valence-electron chi connectivity index (χ4n) is 4.37. The summed E-state index contributed by atoms with van der Waals surface area (Å²) in [6.07, 6.45) is 5.67. The lowest BCUT2D eigenvalue weighted by molar-refractivity contribution is -0.145. The fourth-order valence-corrected chi connectivity index (χ4v) is 4.37. The highest BCUT2D eigenvalue weighted by Crippen LogP contribution is 2.55. The van der Waals surface area contributed by atoms with Gasteiger partial charge in [0.15, 0.2) is 11.5 Å². The summed E-state index contributed by atoms with van der Waals surface area (Å²) >= 11 is 0. The van der Waals surface area contributed by atoms with Gasteiger partial charge < -0.3 is 19.1 Å². The van der Waals surface area contributed by atoms with E-state index in [4.69, 9.17) is 14.2 Å². The molecule has 5 heteroatoms. The summed E-state index contributed by atoms with van der Waals surface area (Å²) in [7, 11) is 3.83. The summed E-state index contributed by atoms with van der Waals surface area (Å²) in [6.45, 7) is 3.36. The molecule has 128 valence electrons. The van der Waals surface area contributed by atoms with Gasteiger partial charge in [-0.1, -0.05) is 12.1 Å². The number of nitrogens with zero attached hydrogens (tertiary/aromatic N) is 1. The maximum Gasteiger partial charge on any atom is 0.303 e. The summed E-state index contributed by atoms with van der Waals surface area (Å²) in [6, 6.07) is 4.14. The number of methoxy groups -OCH3 is 1. The van der Waals surface area contributed by atoms with E-state index in [1.54, 1.807) is 7.11 Å². The predicted molar refractivity (Wildman–Crippen MR) is 89.4 cm³/mol. The van der Waals surface area contributed by atoms with E-state index in [0.29, 0.717) is 6.42 Å². The smallest absolute Gasteiger partial charge is 0.303 e. The van der Waals surface area contributed by atoms with Gasteiger partial charge >= 0.3 is 5.97 Å². The van der Waals surface area contributed by atoms with Crippen molar-refractivity contribution in [1.29, 1.82) is 0 Å². The zero-order valence-electron chi connectivity index (χ0n) is 14.4. The molecule has 24 heavy (non-hydrogen) atoms. The molecule has 0 fully saturated rings. The van der Waals surface area contributed by atoms with Crippen molar-refractivity contribution in [2.75, 3.05) is 20.7 Å². The molecule has 0 unspecified atom stereocenters. The lowest BCUT2D eigenvalue weighted by Crippen LogP contribution is -2.43. The van der Waals surface area contributed by atoms with Crippen LogP contribution in [-0.4, -0.2) is 43.8 Å². The maximum absolute atomic E-state index is 11.3. The maximum atomic E-state index is 11.3. The van der Waals surface area contributed by atoms with Crippen LogP contribution in [0.4, 0.5) is 0 Å². The lowest BCUT2D eigenvalue weighted by atomic mass is 9.69. The van der Waals surface area contributed by atoms with Crippen molar-refractivity contribution in [3.8, 4) is 11.5 Å². The normalized spacial score (nSPS) is 30.8. The Morgan fingerprint density at radius 1 is 1.42 bits per heavy atom. The highest BCUT2D eigenvalue weighted by Gasteiger charge is 2.53. The molecule has 5 nitrogen and oxygen atoms in total. The second-order valence-corrected chi connectivity index (χ2v) is 7.01. The first kappa shape index (κ1) is 15.5. The third-order valence-corrected chi connectivity index (χ3v) is 5.45. The lowest BCUT2D eigenvalue weighted by Gasteiger charge is -2.36. The minimum Gasteiger partial charge on any atom is -0.493 e. The second-order valence-electron chi connectivity index (χ2n) is 7.01. The molecule has 4 rings (SSSR count). The van der Waals surface area contributed by atoms with Crippen molar-refractivity contribution in [3.05, 3.63) is 35.4 Å². The molecular formula is C19H23NO4. The molecule has 0 bridgehead atoms. The summed E-state index contributed by atoms with van der Waals surface area (Å²) in [5.74, 6) is 1.39. The SMILES string of the molecule is COc1ccc2c3c1O[C@H]1C[C@H](OC(C)=O)C=C[C@@]31CCN(C)C2. The van der Waals surface area contributed by atoms with Crippen LogP contribution in [0.15, 0.2) is 24.3 Å². The molecule has 0 saturated heterocycles. The highest BCUT2D eigenvalue weighted by molar-refractivity contribution is 5.66. The molecule has 2 aliphatic heterocycles. The van der Waals surface area contributed by atoms with Crippen LogP contribution < -0.4 is 9.47 Å². The molecule has 2 heterocycles. The van der Waals surface area contributed by atoms with Gasteiger partial charge in [0, 0.05) is 25.5 Å². The van der Waals surface area contributed by atoms with Crippen LogP contribution in [-0.2, 0) is 21.5 Å². The average molecular weight is 329 g/mol. The third-order valence-electron chi connectivity index (χ3n) is 5.45. The molecule has 0 N–H and O–H groups in total. The van der Waals surface area contributed by atoms with Crippen molar-refractivity contribution in [2.24, 2.45) is 0 Å². The number of carbonyl (C=O) groups is 1. The van der Waals surface area contributed by atoms with E-state index in [2.05, 4.69) is 24.1 Å². The molecular weight excluding hydrogens is 306 g/mol. The quantitative estimate of drug-likeness (QED) is 0.616. The highest BCUT2D eigenvalue weighted by atomic mass is 16.5. The van der Waals surface area contributed by atoms with Gasteiger partial charge in [-0.25, -0.2) is 0 Å². The molecule has 3 atom stereocenters. The van der Waals surface area contributed by atoms with Crippen molar-refractivity contribution in [1.82, 2.24) is 4.90 Å². The van der Waals surface area contributed by atoms with Crippen LogP contribution in [0.1, 0.15) is 30.9 Å². The zero-order valence-corrected chi connectivity index (χ0v) is 14.4. The van der Waals surface area contributed by atoms with Crippen LogP contribution in [0.5, 0.6) is 11.5 Å². The van der Waals surface area contributed by atoms with Gasteiger partial charge in [0.05, 0.1) is 12.5 Å². The zero-order chi connectivity index (χ0) is 16.9. The fraction of sp³-hybridized carbons (Fsp3) is 0.526. The Morgan fingerprint density at radius 2 is 2.25 bits per heavy atom. The Morgan fingerprint density at radius 3 is 3.00 bits per heavy atom. The molecule has 0 saturated carbocycles. The van der Waals surface area contributed by atoms with E-state index in [9.17, 15) is 4.79 Å². The number of carbonyl (C=O) groups excluding carboxylic acids is 1. The van der Waals surface area contributed by atoms with E-state index in [1.807, 2.05) is 12.1 Å². The van der Waals surface area contributed by atoms with Crippen LogP contribution in [0.2, 0.25) is 0 Å². The molecule has 1 aliphatic carbocycles. The van der Waals surface area contributed by atoms with Crippen LogP contribution in [0.3, 0.4) is 0 Å². The van der Waals surface area contributed by atoms with Gasteiger partial charge in [0.1, 0.15) is 12.2 Å². The summed E-state index contributed by atoms with van der Waals surface area (Å²) in [5, 5.41) is 0. The Labute approximate surface area is 142 Å². The number of benzene rings is 1. The van der Waals surface area contributed by atoms with Gasteiger partial charge in [-0.2, -0.15) is 0 Å². The van der Waals surface area contributed by atoms with Gasteiger partial charge in [0.2, 0.25) is 0 Å². The Hall–Kier alpha value is -2.01. The number of esters is 1. The molecule has 3 aliphatic rings. The van der Waals surface area contributed by atoms with Gasteiger partial charge in [0.25, 0.3) is 0 Å². The molecule has 0 amide bonds.